The van der Waals surface area contributed by atoms with Crippen LogP contribution in [0.25, 0.3) is 55.0 Å². The number of nitrogens with zero attached hydrogens (tertiary/aromatic N) is 1. The minimum Gasteiger partial charge on any atom is -0.455 e. The Morgan fingerprint density at radius 2 is 1.13 bits per heavy atom. The molecule has 0 saturated carbocycles. The quantitative estimate of drug-likeness (QED) is 0.207. The van der Waals surface area contributed by atoms with Crippen molar-refractivity contribution in [2.75, 3.05) is 4.90 Å². The lowest BCUT2D eigenvalue weighted by Crippen LogP contribution is -2.15. The highest BCUT2D eigenvalue weighted by Crippen LogP contribution is 2.51. The standard InChI is InChI=1S/C43H31NO/c1-43(2)38-19-8-6-16-32(38)37-27-31(22-25-39(37)43)44(30-15-10-14-29(26-30)28-12-4-3-5-13-28)40-20-11-18-35-33(40)23-24-36-34-17-7-9-21-41(34)45-42(35)36/h3-27H,1-2H3. The molecule has 45 heavy (non-hydrogen) atoms. The van der Waals surface area contributed by atoms with Gasteiger partial charge in [-0.25, -0.2) is 0 Å². The Bertz CT molecular complexity index is 2410. The van der Waals surface area contributed by atoms with Crippen LogP contribution in [-0.2, 0) is 5.41 Å². The van der Waals surface area contributed by atoms with Crippen molar-refractivity contribution in [1.82, 2.24) is 0 Å². The first-order valence-electron chi connectivity index (χ1n) is 15.6. The summed E-state index contributed by atoms with van der Waals surface area (Å²) in [7, 11) is 0. The summed E-state index contributed by atoms with van der Waals surface area (Å²) in [4.78, 5) is 2.41. The molecule has 2 nitrogen and oxygen atoms in total. The molecule has 7 aromatic carbocycles. The van der Waals surface area contributed by atoms with E-state index in [1.807, 2.05) is 6.07 Å². The molecule has 0 unspecified atom stereocenters. The predicted molar refractivity (Wildman–Crippen MR) is 189 cm³/mol. The molecular weight excluding hydrogens is 546 g/mol. The largest absolute Gasteiger partial charge is 0.455 e. The number of hydrogen-bond acceptors (Lipinski definition) is 2. The van der Waals surface area contributed by atoms with Crippen molar-refractivity contribution < 1.29 is 4.42 Å². The number of hydrogen-bond donors (Lipinski definition) is 0. The van der Waals surface area contributed by atoms with Gasteiger partial charge in [0.1, 0.15) is 11.2 Å². The maximum atomic E-state index is 6.49. The van der Waals surface area contributed by atoms with E-state index in [-0.39, 0.29) is 5.41 Å². The number of fused-ring (bicyclic) bond motifs is 8. The smallest absolute Gasteiger partial charge is 0.143 e. The van der Waals surface area contributed by atoms with Crippen molar-refractivity contribution in [3.8, 4) is 22.3 Å². The van der Waals surface area contributed by atoms with Gasteiger partial charge in [0.25, 0.3) is 0 Å². The second-order valence-electron chi connectivity index (χ2n) is 12.6. The van der Waals surface area contributed by atoms with Crippen molar-refractivity contribution in [3.05, 3.63) is 163 Å². The van der Waals surface area contributed by atoms with Gasteiger partial charge in [-0.05, 0) is 75.8 Å². The lowest BCUT2D eigenvalue weighted by Gasteiger charge is -2.28. The van der Waals surface area contributed by atoms with Gasteiger partial charge in [0.05, 0.1) is 5.69 Å². The van der Waals surface area contributed by atoms with E-state index in [4.69, 9.17) is 4.42 Å². The SMILES string of the molecule is CC1(C)c2ccccc2-c2cc(N(c3cccc(-c4ccccc4)c3)c3cccc4c3ccc3c5ccccc5oc43)ccc21. The van der Waals surface area contributed by atoms with Crippen molar-refractivity contribution in [1.29, 1.82) is 0 Å². The monoisotopic (exact) mass is 577 g/mol. The Morgan fingerprint density at radius 1 is 0.467 bits per heavy atom. The van der Waals surface area contributed by atoms with Crippen LogP contribution < -0.4 is 4.90 Å². The van der Waals surface area contributed by atoms with E-state index in [1.54, 1.807) is 0 Å². The predicted octanol–water partition coefficient (Wildman–Crippen LogP) is 12.2. The van der Waals surface area contributed by atoms with E-state index in [2.05, 4.69) is 164 Å². The second kappa shape index (κ2) is 9.70. The molecule has 1 aliphatic carbocycles. The summed E-state index contributed by atoms with van der Waals surface area (Å²) in [5, 5.41) is 4.55. The molecule has 1 heterocycles. The van der Waals surface area contributed by atoms with Crippen molar-refractivity contribution >= 4 is 49.8 Å². The zero-order valence-electron chi connectivity index (χ0n) is 25.3. The zero-order chi connectivity index (χ0) is 30.1. The van der Waals surface area contributed by atoms with Crippen molar-refractivity contribution in [3.63, 3.8) is 0 Å². The molecule has 1 aromatic heterocycles. The van der Waals surface area contributed by atoms with Crippen molar-refractivity contribution in [2.45, 2.75) is 19.3 Å². The number of anilines is 3. The van der Waals surface area contributed by atoms with Crippen LogP contribution in [-0.4, -0.2) is 0 Å². The maximum Gasteiger partial charge on any atom is 0.143 e. The molecule has 0 N–H and O–H groups in total. The van der Waals surface area contributed by atoms with Gasteiger partial charge in [0.2, 0.25) is 0 Å². The molecule has 0 spiro atoms. The van der Waals surface area contributed by atoms with Crippen molar-refractivity contribution in [2.24, 2.45) is 0 Å². The van der Waals surface area contributed by atoms with Crippen LogP contribution in [0.5, 0.6) is 0 Å². The van der Waals surface area contributed by atoms with E-state index < -0.39 is 0 Å². The Morgan fingerprint density at radius 3 is 2.04 bits per heavy atom. The molecule has 0 bridgehead atoms. The Kier molecular flexibility index (Phi) is 5.58. The third-order valence-corrected chi connectivity index (χ3v) is 9.66. The fraction of sp³-hybridized carbons (Fsp3) is 0.0698. The highest BCUT2D eigenvalue weighted by molar-refractivity contribution is 6.17. The van der Waals surface area contributed by atoms with E-state index in [0.717, 1.165) is 49.8 Å². The number of furan rings is 1. The molecule has 9 rings (SSSR count). The highest BCUT2D eigenvalue weighted by Gasteiger charge is 2.35. The van der Waals surface area contributed by atoms with Crippen LogP contribution in [0.4, 0.5) is 17.1 Å². The zero-order valence-corrected chi connectivity index (χ0v) is 25.3. The summed E-state index contributed by atoms with van der Waals surface area (Å²) in [6, 6.07) is 54.7. The first-order valence-corrected chi connectivity index (χ1v) is 15.6. The van der Waals surface area contributed by atoms with E-state index in [9.17, 15) is 0 Å². The minimum absolute atomic E-state index is 0.0468. The molecule has 1 aliphatic rings. The highest BCUT2D eigenvalue weighted by atomic mass is 16.3. The number of para-hydroxylation sites is 1. The number of rotatable bonds is 4. The van der Waals surface area contributed by atoms with Gasteiger partial charge in [-0.2, -0.15) is 0 Å². The number of benzene rings is 7. The Hall–Kier alpha value is -5.60. The van der Waals surface area contributed by atoms with E-state index in [1.165, 1.54) is 33.4 Å². The summed E-state index contributed by atoms with van der Waals surface area (Å²) in [5.74, 6) is 0. The average Bonchev–Trinajstić information content (AvgIpc) is 3.58. The molecule has 0 saturated heterocycles. The van der Waals surface area contributed by atoms with E-state index >= 15 is 0 Å². The molecule has 0 amide bonds. The van der Waals surface area contributed by atoms with Gasteiger partial charge >= 0.3 is 0 Å². The molecule has 2 heteroatoms. The molecular formula is C43H31NO. The van der Waals surface area contributed by atoms with Crippen LogP contribution in [0.3, 0.4) is 0 Å². The van der Waals surface area contributed by atoms with Gasteiger partial charge in [-0.3, -0.25) is 0 Å². The van der Waals surface area contributed by atoms with Gasteiger partial charge in [0.15, 0.2) is 0 Å². The Balaban J connectivity index is 1.31. The first kappa shape index (κ1) is 25.9. The first-order chi connectivity index (χ1) is 22.1. The molecule has 0 aliphatic heterocycles. The fourth-order valence-corrected chi connectivity index (χ4v) is 7.45. The van der Waals surface area contributed by atoms with Crippen LogP contribution in [0.1, 0.15) is 25.0 Å². The van der Waals surface area contributed by atoms with Crippen LogP contribution in [0.2, 0.25) is 0 Å². The lowest BCUT2D eigenvalue weighted by molar-refractivity contribution is 0.660. The van der Waals surface area contributed by atoms with Crippen LogP contribution >= 0.6 is 0 Å². The Labute approximate surface area is 262 Å². The van der Waals surface area contributed by atoms with Gasteiger partial charge in [-0.15, -0.1) is 0 Å². The molecule has 0 fully saturated rings. The summed E-state index contributed by atoms with van der Waals surface area (Å²) >= 11 is 0. The van der Waals surface area contributed by atoms with E-state index in [0.29, 0.717) is 0 Å². The summed E-state index contributed by atoms with van der Waals surface area (Å²) in [6.45, 7) is 4.67. The van der Waals surface area contributed by atoms with Crippen LogP contribution in [0, 0.1) is 0 Å². The summed E-state index contributed by atoms with van der Waals surface area (Å²) in [6.07, 6.45) is 0. The topological polar surface area (TPSA) is 16.4 Å². The third kappa shape index (κ3) is 3.89. The molecule has 8 aromatic rings. The second-order valence-corrected chi connectivity index (χ2v) is 12.6. The molecule has 0 atom stereocenters. The fourth-order valence-electron chi connectivity index (χ4n) is 7.45. The summed E-state index contributed by atoms with van der Waals surface area (Å²) < 4.78 is 6.49. The maximum absolute atomic E-state index is 6.49. The average molecular weight is 578 g/mol. The summed E-state index contributed by atoms with van der Waals surface area (Å²) in [5.41, 5.74) is 12.9. The molecule has 0 radical (unpaired) electrons. The van der Waals surface area contributed by atoms with Gasteiger partial charge in [0, 0.05) is 38.3 Å². The minimum atomic E-state index is -0.0468. The van der Waals surface area contributed by atoms with Crippen LogP contribution in [0.15, 0.2) is 156 Å². The lowest BCUT2D eigenvalue weighted by atomic mass is 9.82. The van der Waals surface area contributed by atoms with Gasteiger partial charge in [-0.1, -0.05) is 123 Å². The third-order valence-electron chi connectivity index (χ3n) is 9.66. The normalized spacial score (nSPS) is 13.3. The molecule has 214 valence electrons. The van der Waals surface area contributed by atoms with Gasteiger partial charge < -0.3 is 9.32 Å².